The average molecular weight is 101 g/mol. The first-order chi connectivity index (χ1) is 3.31. The molecule has 1 atom stereocenters. The molecular weight excluding hydrogens is 88.1 g/mol. The van der Waals surface area contributed by atoms with Crippen molar-refractivity contribution in [1.82, 2.24) is 0 Å². The maximum Gasteiger partial charge on any atom is 0.0927 e. The Bertz CT molecular complexity index is 35.2. The van der Waals surface area contributed by atoms with E-state index in [9.17, 15) is 5.11 Å². The van der Waals surface area contributed by atoms with E-state index in [1.807, 2.05) is 13.8 Å². The van der Waals surface area contributed by atoms with E-state index < -0.39 is 0 Å². The van der Waals surface area contributed by atoms with Gasteiger partial charge in [-0.25, -0.2) is 5.11 Å². The highest BCUT2D eigenvalue weighted by Gasteiger charge is 1.97. The molecule has 0 heterocycles. The molecule has 0 N–H and O–H groups in total. The van der Waals surface area contributed by atoms with Crippen molar-refractivity contribution in [2.24, 2.45) is 0 Å². The zero-order valence-corrected chi connectivity index (χ0v) is 5.11. The van der Waals surface area contributed by atoms with Crippen molar-refractivity contribution in [2.45, 2.75) is 39.2 Å². The van der Waals surface area contributed by atoms with Gasteiger partial charge in [0.25, 0.3) is 0 Å². The monoisotopic (exact) mass is 101 g/mol. The molecular formula is C6H13O. The van der Waals surface area contributed by atoms with E-state index in [4.69, 9.17) is 0 Å². The third-order valence-corrected chi connectivity index (χ3v) is 1.07. The summed E-state index contributed by atoms with van der Waals surface area (Å²) in [7, 11) is 0. The Labute approximate surface area is 45.4 Å². The van der Waals surface area contributed by atoms with Gasteiger partial charge in [0.05, 0.1) is 6.10 Å². The third-order valence-electron chi connectivity index (χ3n) is 1.07. The lowest BCUT2D eigenvalue weighted by Crippen LogP contribution is -1.99. The Morgan fingerprint density at radius 1 is 1.43 bits per heavy atom. The smallest absolute Gasteiger partial charge is 0.0927 e. The summed E-state index contributed by atoms with van der Waals surface area (Å²) in [6.07, 6.45) is 2.36. The Balaban J connectivity index is 2.83. The lowest BCUT2D eigenvalue weighted by molar-refractivity contribution is 0.0774. The number of hydrogen-bond donors (Lipinski definition) is 0. The Morgan fingerprint density at radius 3 is 2.14 bits per heavy atom. The molecule has 0 amide bonds. The van der Waals surface area contributed by atoms with Crippen molar-refractivity contribution in [3.05, 3.63) is 0 Å². The van der Waals surface area contributed by atoms with Crippen molar-refractivity contribution >= 4 is 0 Å². The van der Waals surface area contributed by atoms with Gasteiger partial charge in [0, 0.05) is 0 Å². The van der Waals surface area contributed by atoms with Gasteiger partial charge in [-0.1, -0.05) is 20.3 Å². The molecule has 0 fully saturated rings. The summed E-state index contributed by atoms with van der Waals surface area (Å²) in [6, 6.07) is 0. The van der Waals surface area contributed by atoms with E-state index >= 15 is 0 Å². The van der Waals surface area contributed by atoms with Crippen LogP contribution in [-0.2, 0) is 5.11 Å². The Morgan fingerprint density at radius 2 is 2.00 bits per heavy atom. The molecule has 0 saturated heterocycles. The standard InChI is InChI=1S/C6H13O/c1-3-5-6(7)4-2/h6H,3-5H2,1-2H3. The predicted molar refractivity (Wildman–Crippen MR) is 29.7 cm³/mol. The van der Waals surface area contributed by atoms with E-state index in [2.05, 4.69) is 0 Å². The summed E-state index contributed by atoms with van der Waals surface area (Å²) in [5.41, 5.74) is 0. The summed E-state index contributed by atoms with van der Waals surface area (Å²) < 4.78 is 0. The normalized spacial score (nSPS) is 14.1. The van der Waals surface area contributed by atoms with Gasteiger partial charge in [-0.2, -0.15) is 0 Å². The van der Waals surface area contributed by atoms with Crippen LogP contribution in [0.5, 0.6) is 0 Å². The van der Waals surface area contributed by atoms with Gasteiger partial charge in [0.1, 0.15) is 0 Å². The molecule has 0 aliphatic carbocycles. The first kappa shape index (κ1) is 6.96. The highest BCUT2D eigenvalue weighted by atomic mass is 16.3. The van der Waals surface area contributed by atoms with Crippen LogP contribution in [-0.4, -0.2) is 6.10 Å². The Kier molecular flexibility index (Phi) is 4.10. The van der Waals surface area contributed by atoms with Crippen LogP contribution < -0.4 is 0 Å². The Hall–Kier alpha value is -0.0400. The van der Waals surface area contributed by atoms with Crippen molar-refractivity contribution < 1.29 is 5.11 Å². The predicted octanol–water partition coefficient (Wildman–Crippen LogP) is 2.00. The van der Waals surface area contributed by atoms with E-state index in [0.29, 0.717) is 0 Å². The molecule has 1 unspecified atom stereocenters. The molecule has 0 saturated carbocycles. The maximum atomic E-state index is 10.5. The molecule has 0 aliphatic heterocycles. The lowest BCUT2D eigenvalue weighted by atomic mass is 10.2. The van der Waals surface area contributed by atoms with Gasteiger partial charge in [0.15, 0.2) is 0 Å². The zero-order valence-electron chi connectivity index (χ0n) is 5.11. The molecule has 1 radical (unpaired) electrons. The van der Waals surface area contributed by atoms with Crippen LogP contribution in [0.1, 0.15) is 33.1 Å². The molecule has 0 aromatic rings. The highest BCUT2D eigenvalue weighted by molar-refractivity contribution is 4.47. The molecule has 0 bridgehead atoms. The minimum atomic E-state index is -0.301. The van der Waals surface area contributed by atoms with Crippen LogP contribution in [0.3, 0.4) is 0 Å². The van der Waals surface area contributed by atoms with Crippen molar-refractivity contribution in [3.8, 4) is 0 Å². The second-order valence-corrected chi connectivity index (χ2v) is 1.82. The second kappa shape index (κ2) is 4.13. The van der Waals surface area contributed by atoms with Crippen LogP contribution in [0.4, 0.5) is 0 Å². The fourth-order valence-corrected chi connectivity index (χ4v) is 0.526. The highest BCUT2D eigenvalue weighted by Crippen LogP contribution is 1.99. The van der Waals surface area contributed by atoms with E-state index in [0.717, 1.165) is 19.3 Å². The summed E-state index contributed by atoms with van der Waals surface area (Å²) in [5, 5.41) is 10.5. The first-order valence-corrected chi connectivity index (χ1v) is 2.97. The molecule has 7 heavy (non-hydrogen) atoms. The topological polar surface area (TPSA) is 19.9 Å². The van der Waals surface area contributed by atoms with E-state index in [1.165, 1.54) is 0 Å². The maximum absolute atomic E-state index is 10.5. The third kappa shape index (κ3) is 3.80. The van der Waals surface area contributed by atoms with Gasteiger partial charge >= 0.3 is 0 Å². The molecule has 0 rings (SSSR count). The van der Waals surface area contributed by atoms with Crippen LogP contribution in [0.15, 0.2) is 0 Å². The molecule has 0 spiro atoms. The van der Waals surface area contributed by atoms with Gasteiger partial charge in [-0.15, -0.1) is 0 Å². The van der Waals surface area contributed by atoms with Crippen molar-refractivity contribution in [2.75, 3.05) is 0 Å². The quantitative estimate of drug-likeness (QED) is 0.518. The number of hydrogen-bond acceptors (Lipinski definition) is 0. The molecule has 0 aromatic heterocycles. The fraction of sp³-hybridized carbons (Fsp3) is 1.00. The lowest BCUT2D eigenvalue weighted by Gasteiger charge is -1.98. The first-order valence-electron chi connectivity index (χ1n) is 2.97. The second-order valence-electron chi connectivity index (χ2n) is 1.82. The van der Waals surface area contributed by atoms with E-state index in [1.54, 1.807) is 0 Å². The van der Waals surface area contributed by atoms with Crippen molar-refractivity contribution in [1.29, 1.82) is 0 Å². The van der Waals surface area contributed by atoms with Gasteiger partial charge in [0.2, 0.25) is 0 Å². The molecule has 0 aliphatic rings. The van der Waals surface area contributed by atoms with Crippen LogP contribution >= 0.6 is 0 Å². The van der Waals surface area contributed by atoms with Crippen LogP contribution in [0, 0.1) is 0 Å². The minimum Gasteiger partial charge on any atom is -0.233 e. The largest absolute Gasteiger partial charge is 0.233 e. The molecule has 0 aromatic carbocycles. The SMILES string of the molecule is CCCC([O])CC. The summed E-state index contributed by atoms with van der Waals surface area (Å²) in [6.45, 7) is 3.98. The van der Waals surface area contributed by atoms with Crippen LogP contribution in [0.2, 0.25) is 0 Å². The van der Waals surface area contributed by atoms with E-state index in [-0.39, 0.29) is 6.10 Å². The fourth-order valence-electron chi connectivity index (χ4n) is 0.526. The molecule has 1 nitrogen and oxygen atoms in total. The van der Waals surface area contributed by atoms with Gasteiger partial charge < -0.3 is 0 Å². The molecule has 43 valence electrons. The summed E-state index contributed by atoms with van der Waals surface area (Å²) in [4.78, 5) is 0. The van der Waals surface area contributed by atoms with Crippen LogP contribution in [0.25, 0.3) is 0 Å². The average Bonchev–Trinajstić information content (AvgIpc) is 1.68. The van der Waals surface area contributed by atoms with Crippen molar-refractivity contribution in [3.63, 3.8) is 0 Å². The minimum absolute atomic E-state index is 0.301. The summed E-state index contributed by atoms with van der Waals surface area (Å²) in [5.74, 6) is 0. The van der Waals surface area contributed by atoms with Gasteiger partial charge in [-0.3, -0.25) is 0 Å². The molecule has 1 heteroatoms. The van der Waals surface area contributed by atoms with Gasteiger partial charge in [-0.05, 0) is 12.8 Å². The number of rotatable bonds is 3. The zero-order chi connectivity index (χ0) is 5.70. The summed E-state index contributed by atoms with van der Waals surface area (Å²) >= 11 is 0.